The van der Waals surface area contributed by atoms with Crippen LogP contribution in [0.2, 0.25) is 5.02 Å². The lowest BCUT2D eigenvalue weighted by atomic mass is 9.96. The fourth-order valence-electron chi connectivity index (χ4n) is 1.89. The first kappa shape index (κ1) is 12.4. The molecule has 1 atom stereocenters. The van der Waals surface area contributed by atoms with E-state index in [9.17, 15) is 4.79 Å². The van der Waals surface area contributed by atoms with Gasteiger partial charge < -0.3 is 11.1 Å². The summed E-state index contributed by atoms with van der Waals surface area (Å²) in [7, 11) is 0. The van der Waals surface area contributed by atoms with Crippen LogP contribution in [0.5, 0.6) is 0 Å². The van der Waals surface area contributed by atoms with Gasteiger partial charge in [0.05, 0.1) is 5.54 Å². The Kier molecular flexibility index (Phi) is 3.15. The number of anilines is 1. The molecule has 0 saturated heterocycles. The van der Waals surface area contributed by atoms with Crippen LogP contribution in [0.3, 0.4) is 0 Å². The monoisotopic (exact) mass is 252 g/mol. The van der Waals surface area contributed by atoms with E-state index < -0.39 is 5.54 Å². The number of hydrogen-bond acceptors (Lipinski definition) is 2. The Labute approximate surface area is 106 Å². The summed E-state index contributed by atoms with van der Waals surface area (Å²) in [6.45, 7) is 3.71. The maximum absolute atomic E-state index is 12.1. The highest BCUT2D eigenvalue weighted by atomic mass is 35.5. The van der Waals surface area contributed by atoms with Gasteiger partial charge in [-0.1, -0.05) is 11.6 Å². The smallest absolute Gasteiger partial charge is 0.244 e. The topological polar surface area (TPSA) is 55.1 Å². The van der Waals surface area contributed by atoms with Crippen LogP contribution in [0, 0.1) is 12.8 Å². The molecule has 0 aromatic heterocycles. The van der Waals surface area contributed by atoms with Gasteiger partial charge in [-0.05, 0) is 56.4 Å². The molecule has 4 heteroatoms. The lowest BCUT2D eigenvalue weighted by Gasteiger charge is -2.23. The van der Waals surface area contributed by atoms with E-state index in [-0.39, 0.29) is 5.91 Å². The van der Waals surface area contributed by atoms with E-state index in [1.54, 1.807) is 19.1 Å². The highest BCUT2D eigenvalue weighted by Crippen LogP contribution is 2.38. The number of nitrogens with two attached hydrogens (primary N) is 1. The van der Waals surface area contributed by atoms with Gasteiger partial charge in [-0.25, -0.2) is 0 Å². The molecule has 0 heterocycles. The van der Waals surface area contributed by atoms with Crippen molar-refractivity contribution in [3.05, 3.63) is 28.8 Å². The summed E-state index contributed by atoms with van der Waals surface area (Å²) in [5.74, 6) is 0.195. The third kappa shape index (κ3) is 2.61. The molecule has 1 aromatic carbocycles. The fraction of sp³-hybridized carbons (Fsp3) is 0.462. The minimum Gasteiger partial charge on any atom is -0.324 e. The lowest BCUT2D eigenvalue weighted by molar-refractivity contribution is -0.121. The van der Waals surface area contributed by atoms with Crippen molar-refractivity contribution >= 4 is 23.2 Å². The number of nitrogens with one attached hydrogen (secondary N) is 1. The summed E-state index contributed by atoms with van der Waals surface area (Å²) in [6, 6.07) is 5.38. The van der Waals surface area contributed by atoms with E-state index in [1.165, 1.54) is 0 Å². The van der Waals surface area contributed by atoms with Crippen molar-refractivity contribution in [1.82, 2.24) is 0 Å². The second-order valence-corrected chi connectivity index (χ2v) is 5.41. The van der Waals surface area contributed by atoms with E-state index in [1.807, 2.05) is 13.0 Å². The third-order valence-corrected chi connectivity index (χ3v) is 3.59. The summed E-state index contributed by atoms with van der Waals surface area (Å²) in [4.78, 5) is 12.1. The second-order valence-electron chi connectivity index (χ2n) is 4.97. The third-order valence-electron chi connectivity index (χ3n) is 3.35. The summed E-state index contributed by atoms with van der Waals surface area (Å²) in [5.41, 5.74) is 7.00. The molecular weight excluding hydrogens is 236 g/mol. The van der Waals surface area contributed by atoms with Gasteiger partial charge in [-0.2, -0.15) is 0 Å². The summed E-state index contributed by atoms with van der Waals surface area (Å²) >= 11 is 5.87. The molecule has 1 amide bonds. The molecule has 1 saturated carbocycles. The molecule has 1 unspecified atom stereocenters. The molecule has 0 spiro atoms. The van der Waals surface area contributed by atoms with Gasteiger partial charge in [0, 0.05) is 10.7 Å². The molecule has 2 rings (SSSR count). The van der Waals surface area contributed by atoms with Crippen molar-refractivity contribution in [2.75, 3.05) is 5.32 Å². The van der Waals surface area contributed by atoms with E-state index in [4.69, 9.17) is 17.3 Å². The Morgan fingerprint density at radius 2 is 2.18 bits per heavy atom. The second kappa shape index (κ2) is 4.31. The van der Waals surface area contributed by atoms with Gasteiger partial charge >= 0.3 is 0 Å². The molecule has 1 aliphatic rings. The van der Waals surface area contributed by atoms with Gasteiger partial charge in [0.2, 0.25) is 5.91 Å². The Hall–Kier alpha value is -1.06. The van der Waals surface area contributed by atoms with Crippen LogP contribution in [0.25, 0.3) is 0 Å². The van der Waals surface area contributed by atoms with Gasteiger partial charge in [0.25, 0.3) is 0 Å². The van der Waals surface area contributed by atoms with Crippen LogP contribution >= 0.6 is 11.6 Å². The van der Waals surface area contributed by atoms with Gasteiger partial charge in [0.15, 0.2) is 0 Å². The molecule has 3 N–H and O–H groups in total. The highest BCUT2D eigenvalue weighted by molar-refractivity contribution is 6.30. The minimum atomic E-state index is -0.772. The standard InChI is InChI=1S/C13H17ClN2O/c1-8-7-10(14)5-6-11(8)16-12(17)13(2,15)9-3-4-9/h5-7,9H,3-4,15H2,1-2H3,(H,16,17). The van der Waals surface area contributed by atoms with Crippen LogP contribution < -0.4 is 11.1 Å². The number of amides is 1. The van der Waals surface area contributed by atoms with Crippen LogP contribution in [0.15, 0.2) is 18.2 Å². The molecule has 92 valence electrons. The zero-order valence-electron chi connectivity index (χ0n) is 10.1. The summed E-state index contributed by atoms with van der Waals surface area (Å²) in [6.07, 6.45) is 2.08. The van der Waals surface area contributed by atoms with Gasteiger partial charge in [-0.15, -0.1) is 0 Å². The minimum absolute atomic E-state index is 0.120. The molecule has 1 aromatic rings. The summed E-state index contributed by atoms with van der Waals surface area (Å²) < 4.78 is 0. The Balaban J connectivity index is 2.12. The average molecular weight is 253 g/mol. The highest BCUT2D eigenvalue weighted by Gasteiger charge is 2.44. The van der Waals surface area contributed by atoms with Gasteiger partial charge in [0.1, 0.15) is 0 Å². The van der Waals surface area contributed by atoms with Crippen LogP contribution in [-0.2, 0) is 4.79 Å². The maximum Gasteiger partial charge on any atom is 0.244 e. The SMILES string of the molecule is Cc1cc(Cl)ccc1NC(=O)C(C)(N)C1CC1. The number of carbonyl (C=O) groups excluding carboxylic acids is 1. The van der Waals surface area contributed by atoms with Crippen molar-refractivity contribution in [3.8, 4) is 0 Å². The number of aryl methyl sites for hydroxylation is 1. The van der Waals surface area contributed by atoms with E-state index in [0.29, 0.717) is 10.9 Å². The van der Waals surface area contributed by atoms with E-state index in [2.05, 4.69) is 5.32 Å². The number of rotatable bonds is 3. The zero-order valence-corrected chi connectivity index (χ0v) is 10.8. The Morgan fingerprint density at radius 1 is 1.53 bits per heavy atom. The van der Waals surface area contributed by atoms with Crippen molar-refractivity contribution in [2.24, 2.45) is 11.7 Å². The van der Waals surface area contributed by atoms with Crippen LogP contribution in [-0.4, -0.2) is 11.4 Å². The maximum atomic E-state index is 12.1. The van der Waals surface area contributed by atoms with Crippen molar-refractivity contribution in [1.29, 1.82) is 0 Å². The first-order chi connectivity index (χ1) is 7.91. The predicted molar refractivity (Wildman–Crippen MR) is 70.1 cm³/mol. The fourth-order valence-corrected chi connectivity index (χ4v) is 2.12. The zero-order chi connectivity index (χ0) is 12.6. The first-order valence-electron chi connectivity index (χ1n) is 5.77. The molecular formula is C13H17ClN2O. The molecule has 0 aliphatic heterocycles. The van der Waals surface area contributed by atoms with Crippen LogP contribution in [0.4, 0.5) is 5.69 Å². The number of benzene rings is 1. The van der Waals surface area contributed by atoms with E-state index >= 15 is 0 Å². The number of hydrogen-bond donors (Lipinski definition) is 2. The number of halogens is 1. The van der Waals surface area contributed by atoms with Crippen molar-refractivity contribution < 1.29 is 4.79 Å². The summed E-state index contributed by atoms with van der Waals surface area (Å²) in [5, 5.41) is 3.54. The first-order valence-corrected chi connectivity index (χ1v) is 6.15. The van der Waals surface area contributed by atoms with Gasteiger partial charge in [-0.3, -0.25) is 4.79 Å². The molecule has 1 fully saturated rings. The molecule has 1 aliphatic carbocycles. The molecule has 3 nitrogen and oxygen atoms in total. The normalized spacial score (nSPS) is 18.6. The number of carbonyl (C=O) groups is 1. The quantitative estimate of drug-likeness (QED) is 0.869. The Morgan fingerprint density at radius 3 is 2.71 bits per heavy atom. The molecule has 0 radical (unpaired) electrons. The predicted octanol–water partition coefficient (Wildman–Crippen LogP) is 2.71. The molecule has 0 bridgehead atoms. The largest absolute Gasteiger partial charge is 0.324 e. The molecule has 17 heavy (non-hydrogen) atoms. The average Bonchev–Trinajstić information content (AvgIpc) is 3.05. The lowest BCUT2D eigenvalue weighted by Crippen LogP contribution is -2.50. The van der Waals surface area contributed by atoms with Crippen LogP contribution in [0.1, 0.15) is 25.3 Å². The van der Waals surface area contributed by atoms with Crippen molar-refractivity contribution in [3.63, 3.8) is 0 Å². The van der Waals surface area contributed by atoms with Crippen molar-refractivity contribution in [2.45, 2.75) is 32.2 Å². The Bertz CT molecular complexity index is 453. The van der Waals surface area contributed by atoms with E-state index in [0.717, 1.165) is 24.1 Å².